The third kappa shape index (κ3) is 4.94. The first-order valence-electron chi connectivity index (χ1n) is 9.09. The van der Waals surface area contributed by atoms with Crippen molar-refractivity contribution >= 4 is 11.9 Å². The van der Waals surface area contributed by atoms with Gasteiger partial charge in [-0.2, -0.15) is 5.10 Å². The molecule has 1 amide bonds. The van der Waals surface area contributed by atoms with Gasteiger partial charge in [0, 0.05) is 24.2 Å². The van der Waals surface area contributed by atoms with E-state index in [4.69, 9.17) is 5.11 Å². The molecular weight excluding hydrogens is 330 g/mol. The van der Waals surface area contributed by atoms with Gasteiger partial charge in [-0.1, -0.05) is 19.8 Å². The molecule has 0 spiro atoms. The molecule has 26 heavy (non-hydrogen) atoms. The maximum Gasteiger partial charge on any atom is 0.303 e. The molecule has 1 aromatic heterocycles. The number of rotatable bonds is 9. The van der Waals surface area contributed by atoms with Crippen molar-refractivity contribution in [3.8, 4) is 5.69 Å². The topological polar surface area (TPSA) is 84.2 Å². The molecule has 0 aliphatic carbocycles. The number of carboxylic acids is 1. The van der Waals surface area contributed by atoms with Gasteiger partial charge in [-0.15, -0.1) is 0 Å². The molecule has 140 valence electrons. The van der Waals surface area contributed by atoms with Crippen LogP contribution in [0.2, 0.25) is 0 Å². The molecule has 0 aliphatic heterocycles. The Morgan fingerprint density at radius 2 is 1.85 bits per heavy atom. The lowest BCUT2D eigenvalue weighted by atomic mass is 10.1. The standard InChI is InChI=1S/C20H27N3O3/c1-4-5-6-13-21-20(26)16-7-9-17(10-8-16)23-15(3)18(14(2)22-23)11-12-19(24)25/h7-10H,4-6,11-13H2,1-3H3,(H,21,26)(H,24,25). The minimum absolute atomic E-state index is 0.0665. The first-order chi connectivity index (χ1) is 12.4. The number of aromatic nitrogens is 2. The molecule has 0 saturated heterocycles. The van der Waals surface area contributed by atoms with Crippen LogP contribution in [0.15, 0.2) is 24.3 Å². The average molecular weight is 357 g/mol. The van der Waals surface area contributed by atoms with Crippen LogP contribution in [-0.4, -0.2) is 33.3 Å². The molecule has 0 aliphatic rings. The van der Waals surface area contributed by atoms with E-state index in [2.05, 4.69) is 17.3 Å². The zero-order valence-electron chi connectivity index (χ0n) is 15.7. The van der Waals surface area contributed by atoms with Gasteiger partial charge >= 0.3 is 5.97 Å². The number of aliphatic carboxylic acids is 1. The number of carboxylic acid groups (broad SMARTS) is 1. The summed E-state index contributed by atoms with van der Waals surface area (Å²) in [6.45, 7) is 6.65. The summed E-state index contributed by atoms with van der Waals surface area (Å²) in [5.41, 5.74) is 4.21. The van der Waals surface area contributed by atoms with E-state index in [-0.39, 0.29) is 12.3 Å². The van der Waals surface area contributed by atoms with E-state index in [0.29, 0.717) is 18.5 Å². The number of benzene rings is 1. The Labute approximate surface area is 154 Å². The molecule has 2 N–H and O–H groups in total. The van der Waals surface area contributed by atoms with Crippen LogP contribution in [0, 0.1) is 13.8 Å². The Hall–Kier alpha value is -2.63. The van der Waals surface area contributed by atoms with Crippen LogP contribution in [-0.2, 0) is 11.2 Å². The molecule has 0 radical (unpaired) electrons. The second kappa shape index (κ2) is 9.17. The average Bonchev–Trinajstić information content (AvgIpc) is 2.91. The smallest absolute Gasteiger partial charge is 0.303 e. The highest BCUT2D eigenvalue weighted by molar-refractivity contribution is 5.94. The van der Waals surface area contributed by atoms with E-state index >= 15 is 0 Å². The van der Waals surface area contributed by atoms with E-state index in [1.165, 1.54) is 0 Å². The molecule has 0 saturated carbocycles. The summed E-state index contributed by atoms with van der Waals surface area (Å²) in [6, 6.07) is 7.30. The van der Waals surface area contributed by atoms with Crippen molar-refractivity contribution in [1.29, 1.82) is 0 Å². The molecule has 6 nitrogen and oxygen atoms in total. The van der Waals surface area contributed by atoms with Crippen molar-refractivity contribution in [3.63, 3.8) is 0 Å². The quantitative estimate of drug-likeness (QED) is 0.674. The van der Waals surface area contributed by atoms with Crippen molar-refractivity contribution in [3.05, 3.63) is 46.8 Å². The SMILES string of the molecule is CCCCCNC(=O)c1ccc(-n2nc(C)c(CCC(=O)O)c2C)cc1. The molecule has 1 heterocycles. The minimum Gasteiger partial charge on any atom is -0.481 e. The molecule has 6 heteroatoms. The molecular formula is C20H27N3O3. The molecule has 2 rings (SSSR count). The first-order valence-corrected chi connectivity index (χ1v) is 9.09. The van der Waals surface area contributed by atoms with Crippen molar-refractivity contribution in [2.24, 2.45) is 0 Å². The maximum absolute atomic E-state index is 12.1. The highest BCUT2D eigenvalue weighted by atomic mass is 16.4. The van der Waals surface area contributed by atoms with Gasteiger partial charge in [0.05, 0.1) is 11.4 Å². The van der Waals surface area contributed by atoms with Crippen LogP contribution in [0.3, 0.4) is 0 Å². The molecule has 2 aromatic rings. The lowest BCUT2D eigenvalue weighted by Gasteiger charge is -2.08. The molecule has 0 unspecified atom stereocenters. The van der Waals surface area contributed by atoms with E-state index in [9.17, 15) is 9.59 Å². The Bertz CT molecular complexity index is 763. The number of hydrogen-bond acceptors (Lipinski definition) is 3. The van der Waals surface area contributed by atoms with E-state index in [0.717, 1.165) is 41.9 Å². The van der Waals surface area contributed by atoms with E-state index in [1.54, 1.807) is 16.8 Å². The number of hydrogen-bond donors (Lipinski definition) is 2. The highest BCUT2D eigenvalue weighted by Gasteiger charge is 2.14. The van der Waals surface area contributed by atoms with Gasteiger partial charge in [0.2, 0.25) is 0 Å². The fourth-order valence-electron chi connectivity index (χ4n) is 2.95. The summed E-state index contributed by atoms with van der Waals surface area (Å²) in [7, 11) is 0. The summed E-state index contributed by atoms with van der Waals surface area (Å²) in [5.74, 6) is -0.881. The summed E-state index contributed by atoms with van der Waals surface area (Å²) in [5, 5.41) is 16.3. The number of carbonyl (C=O) groups excluding carboxylic acids is 1. The van der Waals surface area contributed by atoms with Gasteiger partial charge in [0.15, 0.2) is 0 Å². The molecule has 0 bridgehead atoms. The lowest BCUT2D eigenvalue weighted by Crippen LogP contribution is -2.24. The first kappa shape index (κ1) is 19.7. The Morgan fingerprint density at radius 1 is 1.15 bits per heavy atom. The number of amides is 1. The minimum atomic E-state index is -0.814. The lowest BCUT2D eigenvalue weighted by molar-refractivity contribution is -0.136. The second-order valence-corrected chi connectivity index (χ2v) is 6.46. The van der Waals surface area contributed by atoms with Gasteiger partial charge in [-0.05, 0) is 56.5 Å². The molecule has 0 fully saturated rings. The van der Waals surface area contributed by atoms with Gasteiger partial charge in [-0.25, -0.2) is 4.68 Å². The van der Waals surface area contributed by atoms with Crippen molar-refractivity contribution in [2.75, 3.05) is 6.54 Å². The Kier molecular flexibility index (Phi) is 6.95. The number of carbonyl (C=O) groups is 2. The van der Waals surface area contributed by atoms with Gasteiger partial charge < -0.3 is 10.4 Å². The van der Waals surface area contributed by atoms with Crippen molar-refractivity contribution in [2.45, 2.75) is 52.9 Å². The normalized spacial score (nSPS) is 10.7. The monoisotopic (exact) mass is 357 g/mol. The second-order valence-electron chi connectivity index (χ2n) is 6.46. The summed E-state index contributed by atoms with van der Waals surface area (Å²) < 4.78 is 1.80. The number of unbranched alkanes of at least 4 members (excludes halogenated alkanes) is 2. The molecule has 1 aromatic carbocycles. The largest absolute Gasteiger partial charge is 0.481 e. The van der Waals surface area contributed by atoms with Crippen LogP contribution in [0.25, 0.3) is 5.69 Å². The van der Waals surface area contributed by atoms with Gasteiger partial charge in [-0.3, -0.25) is 9.59 Å². The number of nitrogens with zero attached hydrogens (tertiary/aromatic N) is 2. The predicted octanol–water partition coefficient (Wildman–Crippen LogP) is 3.43. The van der Waals surface area contributed by atoms with Gasteiger partial charge in [0.25, 0.3) is 5.91 Å². The molecule has 0 atom stereocenters. The zero-order valence-corrected chi connectivity index (χ0v) is 15.7. The highest BCUT2D eigenvalue weighted by Crippen LogP contribution is 2.20. The van der Waals surface area contributed by atoms with E-state index in [1.807, 2.05) is 26.0 Å². The third-order valence-electron chi connectivity index (χ3n) is 4.47. The van der Waals surface area contributed by atoms with Gasteiger partial charge in [0.1, 0.15) is 0 Å². The fraction of sp³-hybridized carbons (Fsp3) is 0.450. The van der Waals surface area contributed by atoms with Crippen LogP contribution in [0.5, 0.6) is 0 Å². The Balaban J connectivity index is 2.09. The number of aryl methyl sites for hydroxylation is 1. The fourth-order valence-corrected chi connectivity index (χ4v) is 2.95. The third-order valence-corrected chi connectivity index (χ3v) is 4.47. The van der Waals surface area contributed by atoms with Crippen LogP contribution >= 0.6 is 0 Å². The zero-order chi connectivity index (χ0) is 19.1. The maximum atomic E-state index is 12.1. The van der Waals surface area contributed by atoms with Crippen LogP contribution in [0.1, 0.15) is 59.9 Å². The van der Waals surface area contributed by atoms with Crippen molar-refractivity contribution in [1.82, 2.24) is 15.1 Å². The van der Waals surface area contributed by atoms with E-state index < -0.39 is 5.97 Å². The predicted molar refractivity (Wildman–Crippen MR) is 101 cm³/mol. The summed E-state index contributed by atoms with van der Waals surface area (Å²) >= 11 is 0. The summed E-state index contributed by atoms with van der Waals surface area (Å²) in [4.78, 5) is 23.0. The Morgan fingerprint density at radius 3 is 2.46 bits per heavy atom. The van der Waals surface area contributed by atoms with Crippen LogP contribution in [0.4, 0.5) is 0 Å². The van der Waals surface area contributed by atoms with Crippen LogP contribution < -0.4 is 5.32 Å². The number of nitrogens with one attached hydrogen (secondary N) is 1. The van der Waals surface area contributed by atoms with Crippen molar-refractivity contribution < 1.29 is 14.7 Å². The summed E-state index contributed by atoms with van der Waals surface area (Å²) in [6.07, 6.45) is 3.78.